The van der Waals surface area contributed by atoms with Crippen molar-refractivity contribution < 1.29 is 14.8 Å². The van der Waals surface area contributed by atoms with E-state index in [9.17, 15) is 4.79 Å². The summed E-state index contributed by atoms with van der Waals surface area (Å²) >= 11 is 1.88. The molecule has 10 heteroatoms. The largest absolute Gasteiger partial charge is 0.378 e. The van der Waals surface area contributed by atoms with Crippen LogP contribution in [0.15, 0.2) is 77.5 Å². The molecule has 1 saturated heterocycles. The summed E-state index contributed by atoms with van der Waals surface area (Å²) in [5, 5.41) is 14.6. The number of nitrogens with two attached hydrogens (primary N) is 1. The number of carbonyl (C=O) groups is 1. The molecule has 5 rings (SSSR count). The number of anilines is 2. The van der Waals surface area contributed by atoms with Crippen LogP contribution >= 0.6 is 11.8 Å². The van der Waals surface area contributed by atoms with Gasteiger partial charge in [-0.2, -0.15) is 0 Å². The van der Waals surface area contributed by atoms with Gasteiger partial charge >= 0.3 is 6.03 Å². The van der Waals surface area contributed by atoms with E-state index < -0.39 is 6.03 Å². The van der Waals surface area contributed by atoms with Gasteiger partial charge < -0.3 is 31.0 Å². The van der Waals surface area contributed by atoms with Gasteiger partial charge in [0.05, 0.1) is 30.7 Å². The van der Waals surface area contributed by atoms with Crippen LogP contribution in [0.1, 0.15) is 18.5 Å². The number of aromatic nitrogens is 2. The monoisotopic (exact) mass is 530 g/mol. The predicted molar refractivity (Wildman–Crippen MR) is 151 cm³/mol. The van der Waals surface area contributed by atoms with Crippen molar-refractivity contribution in [2.75, 3.05) is 43.6 Å². The summed E-state index contributed by atoms with van der Waals surface area (Å²) in [4.78, 5) is 25.8. The highest BCUT2D eigenvalue weighted by Gasteiger charge is 2.47. The molecule has 5 N–H and O–H groups in total. The highest BCUT2D eigenvalue weighted by atomic mass is 32.2. The summed E-state index contributed by atoms with van der Waals surface area (Å²) in [6, 6.07) is 19.8. The van der Waals surface area contributed by atoms with E-state index in [0.29, 0.717) is 30.4 Å². The van der Waals surface area contributed by atoms with Crippen molar-refractivity contribution in [2.24, 2.45) is 0 Å². The van der Waals surface area contributed by atoms with Crippen LogP contribution in [0, 0.1) is 5.41 Å². The first-order valence-corrected chi connectivity index (χ1v) is 13.5. The Labute approximate surface area is 226 Å². The first-order chi connectivity index (χ1) is 18.6. The Morgan fingerprint density at radius 1 is 1.11 bits per heavy atom. The normalized spacial score (nSPS) is 16.6. The molecule has 1 aromatic heterocycles. The molecule has 38 heavy (non-hydrogen) atoms. The number of amides is 2. The summed E-state index contributed by atoms with van der Waals surface area (Å²) in [6.07, 6.45) is 4.91. The predicted octanol–water partition coefficient (Wildman–Crippen LogP) is 3.57. The lowest BCUT2D eigenvalue weighted by atomic mass is 10.1. The van der Waals surface area contributed by atoms with Crippen molar-refractivity contribution in [2.45, 2.75) is 22.5 Å². The molecule has 0 atom stereocenters. The minimum atomic E-state index is -0.407. The molecular formula is C28H32N7O2S+. The highest BCUT2D eigenvalue weighted by molar-refractivity contribution is 8.00. The number of allylic oxidation sites excluding steroid dienone is 1. The zero-order valence-corrected chi connectivity index (χ0v) is 22.1. The molecule has 0 bridgehead atoms. The van der Waals surface area contributed by atoms with E-state index in [1.807, 2.05) is 49.1 Å². The van der Waals surface area contributed by atoms with Crippen molar-refractivity contribution in [3.05, 3.63) is 78.3 Å². The average molecular weight is 531 g/mol. The van der Waals surface area contributed by atoms with Crippen LogP contribution < -0.4 is 20.9 Å². The Kier molecular flexibility index (Phi) is 8.02. The van der Waals surface area contributed by atoms with Gasteiger partial charge in [-0.1, -0.05) is 18.2 Å². The van der Waals surface area contributed by atoms with Gasteiger partial charge in [-0.25, -0.2) is 14.8 Å². The van der Waals surface area contributed by atoms with Gasteiger partial charge in [-0.15, -0.1) is 11.8 Å². The molecular weight excluding hydrogens is 498 g/mol. The lowest BCUT2D eigenvalue weighted by Crippen LogP contribution is -2.73. The number of ether oxygens (including phenoxy) is 1. The smallest absolute Gasteiger partial charge is 0.323 e. The Bertz CT molecular complexity index is 1300. The number of carbonyl (C=O) groups excluding carboxylic acids is 1. The SMILES string of the molecule is C[NH2+]/C=C(\C=N)NC(=O)Nc1ccc(-c2nc(N3CCOCC3)cc(C3(Sc4ccccc4)CC3)n2)cc1. The Morgan fingerprint density at radius 2 is 1.84 bits per heavy atom. The second-order valence-corrected chi connectivity index (χ2v) is 10.7. The van der Waals surface area contributed by atoms with Gasteiger partial charge in [-0.05, 0) is 49.2 Å². The number of nitrogens with zero attached hydrogens (tertiary/aromatic N) is 3. The topological polar surface area (TPSA) is 120 Å². The first-order valence-electron chi connectivity index (χ1n) is 12.7. The van der Waals surface area contributed by atoms with Crippen molar-refractivity contribution in [3.63, 3.8) is 0 Å². The molecule has 0 unspecified atom stereocenters. The van der Waals surface area contributed by atoms with Gasteiger partial charge in [-0.3, -0.25) is 0 Å². The molecule has 2 fully saturated rings. The number of morpholine rings is 1. The minimum Gasteiger partial charge on any atom is -0.378 e. The molecule has 2 heterocycles. The van der Waals surface area contributed by atoms with E-state index in [-0.39, 0.29) is 4.75 Å². The maximum Gasteiger partial charge on any atom is 0.323 e. The number of benzene rings is 2. The van der Waals surface area contributed by atoms with E-state index >= 15 is 0 Å². The van der Waals surface area contributed by atoms with E-state index in [1.54, 1.807) is 11.5 Å². The molecule has 196 valence electrons. The van der Waals surface area contributed by atoms with Crippen molar-refractivity contribution in [3.8, 4) is 11.4 Å². The number of quaternary nitrogens is 1. The van der Waals surface area contributed by atoms with Crippen LogP contribution in [0.2, 0.25) is 0 Å². The van der Waals surface area contributed by atoms with E-state index in [1.165, 1.54) is 4.90 Å². The number of thioether (sulfide) groups is 1. The third-order valence-electron chi connectivity index (χ3n) is 6.44. The van der Waals surface area contributed by atoms with Crippen LogP contribution in [0.5, 0.6) is 0 Å². The molecule has 1 aliphatic carbocycles. The average Bonchev–Trinajstić information content (AvgIpc) is 3.74. The van der Waals surface area contributed by atoms with Gasteiger partial charge in [0, 0.05) is 41.5 Å². The van der Waals surface area contributed by atoms with Crippen LogP contribution in [-0.2, 0) is 9.48 Å². The van der Waals surface area contributed by atoms with Crippen LogP contribution in [-0.4, -0.2) is 55.6 Å². The fourth-order valence-corrected chi connectivity index (χ4v) is 5.55. The molecule has 2 aromatic carbocycles. The van der Waals surface area contributed by atoms with E-state index in [2.05, 4.69) is 45.9 Å². The number of nitrogens with one attached hydrogen (secondary N) is 3. The molecule has 1 saturated carbocycles. The van der Waals surface area contributed by atoms with Crippen molar-refractivity contribution in [1.82, 2.24) is 15.3 Å². The van der Waals surface area contributed by atoms with Gasteiger partial charge in [0.25, 0.3) is 0 Å². The van der Waals surface area contributed by atoms with Gasteiger partial charge in [0.2, 0.25) is 0 Å². The number of hydrogen-bond donors (Lipinski definition) is 4. The number of hydrogen-bond acceptors (Lipinski definition) is 7. The van der Waals surface area contributed by atoms with E-state index in [0.717, 1.165) is 49.2 Å². The second kappa shape index (κ2) is 11.8. The molecule has 2 amide bonds. The lowest BCUT2D eigenvalue weighted by Gasteiger charge is -2.29. The van der Waals surface area contributed by atoms with Crippen LogP contribution in [0.4, 0.5) is 16.3 Å². The fraction of sp³-hybridized carbons (Fsp3) is 0.286. The van der Waals surface area contributed by atoms with Gasteiger partial charge in [0.1, 0.15) is 17.7 Å². The van der Waals surface area contributed by atoms with E-state index in [4.69, 9.17) is 20.1 Å². The van der Waals surface area contributed by atoms with Crippen LogP contribution in [0.3, 0.4) is 0 Å². The zero-order valence-electron chi connectivity index (χ0n) is 21.3. The Morgan fingerprint density at radius 3 is 2.50 bits per heavy atom. The van der Waals surface area contributed by atoms with Crippen molar-refractivity contribution >= 4 is 35.5 Å². The Hall–Kier alpha value is -3.73. The highest BCUT2D eigenvalue weighted by Crippen LogP contribution is 2.59. The number of rotatable bonds is 9. The standard InChI is InChI=1S/C28H31N7O2S/c1-30-19-22(18-29)32-27(36)31-21-9-7-20(8-10-21)26-33-24(17-25(34-26)35-13-15-37-16-14-35)28(11-12-28)38-23-5-3-2-4-6-23/h2-10,17-19,29-30H,11-16H2,1H3,(H2,31,32,36)/p+1/b22-19+,29-18?. The Balaban J connectivity index is 1.40. The molecule has 9 nitrogen and oxygen atoms in total. The summed E-state index contributed by atoms with van der Waals surface area (Å²) in [7, 11) is 1.83. The molecule has 2 aliphatic rings. The summed E-state index contributed by atoms with van der Waals surface area (Å²) in [5.41, 5.74) is 2.98. The molecule has 0 radical (unpaired) electrons. The van der Waals surface area contributed by atoms with Crippen LogP contribution in [0.25, 0.3) is 11.4 Å². The summed E-state index contributed by atoms with van der Waals surface area (Å²) < 4.78 is 5.52. The van der Waals surface area contributed by atoms with Crippen molar-refractivity contribution in [1.29, 1.82) is 5.41 Å². The fourth-order valence-electron chi connectivity index (χ4n) is 4.29. The zero-order chi connectivity index (χ0) is 26.4. The third kappa shape index (κ3) is 6.21. The second-order valence-electron chi connectivity index (χ2n) is 9.20. The molecule has 1 aliphatic heterocycles. The first kappa shape index (κ1) is 25.9. The third-order valence-corrected chi connectivity index (χ3v) is 7.95. The maximum absolute atomic E-state index is 12.3. The van der Waals surface area contributed by atoms with Gasteiger partial charge in [0.15, 0.2) is 5.82 Å². The maximum atomic E-state index is 12.3. The molecule has 0 spiro atoms. The summed E-state index contributed by atoms with van der Waals surface area (Å²) in [6.45, 7) is 2.97. The minimum absolute atomic E-state index is 0.0460. The number of urea groups is 1. The molecule has 3 aromatic rings. The quantitative estimate of drug-likeness (QED) is 0.314. The lowest BCUT2D eigenvalue weighted by molar-refractivity contribution is -0.557. The summed E-state index contributed by atoms with van der Waals surface area (Å²) in [5.74, 6) is 1.60.